The number of primary amides is 2. The number of carbonyl (C=O) groups is 3. The Balaban J connectivity index is 2.75. The van der Waals surface area contributed by atoms with Gasteiger partial charge in [-0.25, -0.2) is 0 Å². The summed E-state index contributed by atoms with van der Waals surface area (Å²) in [5, 5.41) is 2.36. The van der Waals surface area contributed by atoms with E-state index in [0.717, 1.165) is 5.56 Å². The molecule has 7 N–H and O–H groups in total. The fourth-order valence-electron chi connectivity index (χ4n) is 1.46. The summed E-state index contributed by atoms with van der Waals surface area (Å²) in [7, 11) is 0. The Morgan fingerprint density at radius 2 is 1.68 bits per heavy atom. The van der Waals surface area contributed by atoms with Gasteiger partial charge >= 0.3 is 0 Å². The molecule has 3 amide bonds. The Kier molecular flexibility index (Phi) is 5.01. The van der Waals surface area contributed by atoms with Crippen LogP contribution in [0.1, 0.15) is 22.3 Å². The number of hydrogen-bond donors (Lipinski definition) is 4. The summed E-state index contributed by atoms with van der Waals surface area (Å²) in [4.78, 5) is 33.7. The highest BCUT2D eigenvalue weighted by molar-refractivity contribution is 5.98. The van der Waals surface area contributed by atoms with Crippen LogP contribution >= 0.6 is 0 Å². The van der Waals surface area contributed by atoms with Crippen molar-refractivity contribution in [3.8, 4) is 0 Å². The predicted octanol–water partition coefficient (Wildman–Crippen LogP) is -1.40. The lowest BCUT2D eigenvalue weighted by molar-refractivity contribution is -0.124. The second-order valence-corrected chi connectivity index (χ2v) is 4.00. The van der Waals surface area contributed by atoms with Gasteiger partial charge < -0.3 is 22.5 Å². The maximum Gasteiger partial charge on any atom is 0.251 e. The van der Waals surface area contributed by atoms with Crippen LogP contribution in [-0.4, -0.2) is 23.8 Å². The molecule has 0 saturated heterocycles. The van der Waals surface area contributed by atoms with Crippen molar-refractivity contribution in [3.63, 3.8) is 0 Å². The van der Waals surface area contributed by atoms with Crippen LogP contribution in [0, 0.1) is 0 Å². The van der Waals surface area contributed by atoms with Crippen LogP contribution in [0.4, 0.5) is 0 Å². The predicted molar refractivity (Wildman–Crippen MR) is 68.6 cm³/mol. The highest BCUT2D eigenvalue weighted by atomic mass is 16.2. The molecule has 7 heteroatoms. The van der Waals surface area contributed by atoms with Gasteiger partial charge in [-0.2, -0.15) is 0 Å². The quantitative estimate of drug-likeness (QED) is 0.501. The van der Waals surface area contributed by atoms with Gasteiger partial charge in [0.2, 0.25) is 11.8 Å². The van der Waals surface area contributed by atoms with E-state index in [2.05, 4.69) is 5.32 Å². The fraction of sp³-hybridized carbons (Fsp3) is 0.250. The van der Waals surface area contributed by atoms with Gasteiger partial charge in [0, 0.05) is 12.1 Å². The standard InChI is InChI=1S/C12H16N4O3/c13-6-7-1-3-8(4-2-7)12(19)16-9(11(15)18)5-10(14)17/h1-4,9H,5-6,13H2,(H2,14,17)(H2,15,18)(H,16,19). The molecule has 0 aliphatic carbocycles. The van der Waals surface area contributed by atoms with Gasteiger partial charge in [-0.1, -0.05) is 12.1 Å². The number of benzene rings is 1. The molecule has 19 heavy (non-hydrogen) atoms. The summed E-state index contributed by atoms with van der Waals surface area (Å²) in [6.45, 7) is 0.369. The van der Waals surface area contributed by atoms with Crippen molar-refractivity contribution < 1.29 is 14.4 Å². The minimum absolute atomic E-state index is 0.331. The first kappa shape index (κ1) is 14.7. The minimum atomic E-state index is -1.11. The van der Waals surface area contributed by atoms with Gasteiger partial charge in [0.05, 0.1) is 6.42 Å². The zero-order valence-corrected chi connectivity index (χ0v) is 10.3. The van der Waals surface area contributed by atoms with Crippen LogP contribution in [0.2, 0.25) is 0 Å². The number of nitrogens with one attached hydrogen (secondary N) is 1. The molecule has 0 heterocycles. The lowest BCUT2D eigenvalue weighted by Crippen LogP contribution is -2.46. The van der Waals surface area contributed by atoms with E-state index in [4.69, 9.17) is 17.2 Å². The molecule has 0 fully saturated rings. The molecule has 1 aromatic rings. The molecule has 1 rings (SSSR count). The largest absolute Gasteiger partial charge is 0.370 e. The van der Waals surface area contributed by atoms with Crippen LogP contribution in [0.15, 0.2) is 24.3 Å². The molecular formula is C12H16N4O3. The van der Waals surface area contributed by atoms with E-state index in [0.29, 0.717) is 12.1 Å². The van der Waals surface area contributed by atoms with Crippen LogP contribution in [0.25, 0.3) is 0 Å². The summed E-state index contributed by atoms with van der Waals surface area (Å²) in [5.41, 5.74) is 16.7. The maximum atomic E-state index is 11.8. The number of amides is 3. The summed E-state index contributed by atoms with van der Waals surface area (Å²) in [6.07, 6.45) is -0.331. The SMILES string of the molecule is NCc1ccc(C(=O)NC(CC(N)=O)C(N)=O)cc1. The molecule has 0 radical (unpaired) electrons. The zero-order chi connectivity index (χ0) is 14.4. The average Bonchev–Trinajstić information content (AvgIpc) is 2.37. The Morgan fingerprint density at radius 1 is 1.11 bits per heavy atom. The van der Waals surface area contributed by atoms with E-state index in [1.807, 2.05) is 0 Å². The number of hydrogen-bond acceptors (Lipinski definition) is 4. The molecule has 1 unspecified atom stereocenters. The Morgan fingerprint density at radius 3 is 2.11 bits per heavy atom. The van der Waals surface area contributed by atoms with Gasteiger partial charge in [-0.15, -0.1) is 0 Å². The first-order chi connectivity index (χ1) is 8.93. The van der Waals surface area contributed by atoms with E-state index >= 15 is 0 Å². The van der Waals surface area contributed by atoms with Crippen molar-refractivity contribution in [1.82, 2.24) is 5.32 Å². The van der Waals surface area contributed by atoms with E-state index in [1.54, 1.807) is 24.3 Å². The summed E-state index contributed by atoms with van der Waals surface area (Å²) in [5.74, 6) is -2.04. The highest BCUT2D eigenvalue weighted by Crippen LogP contribution is 2.04. The van der Waals surface area contributed by atoms with Crippen molar-refractivity contribution in [3.05, 3.63) is 35.4 Å². The van der Waals surface area contributed by atoms with Crippen LogP contribution in [-0.2, 0) is 16.1 Å². The fourth-order valence-corrected chi connectivity index (χ4v) is 1.46. The third-order valence-corrected chi connectivity index (χ3v) is 2.51. The van der Waals surface area contributed by atoms with E-state index in [9.17, 15) is 14.4 Å². The molecule has 1 atom stereocenters. The summed E-state index contributed by atoms with van der Waals surface area (Å²) < 4.78 is 0. The highest BCUT2D eigenvalue weighted by Gasteiger charge is 2.20. The normalized spacial score (nSPS) is 11.6. The Hall–Kier alpha value is -2.41. The van der Waals surface area contributed by atoms with Crippen LogP contribution < -0.4 is 22.5 Å². The van der Waals surface area contributed by atoms with Gasteiger partial charge in [-0.05, 0) is 17.7 Å². The van der Waals surface area contributed by atoms with Crippen LogP contribution in [0.3, 0.4) is 0 Å². The number of nitrogens with two attached hydrogens (primary N) is 3. The lowest BCUT2D eigenvalue weighted by atomic mass is 10.1. The van der Waals surface area contributed by atoms with Gasteiger partial charge in [0.15, 0.2) is 0 Å². The first-order valence-corrected chi connectivity index (χ1v) is 5.61. The molecule has 0 aromatic heterocycles. The number of carbonyl (C=O) groups excluding carboxylic acids is 3. The molecule has 1 aromatic carbocycles. The first-order valence-electron chi connectivity index (χ1n) is 5.61. The van der Waals surface area contributed by atoms with Gasteiger partial charge in [0.25, 0.3) is 5.91 Å². The van der Waals surface area contributed by atoms with Gasteiger partial charge in [-0.3, -0.25) is 14.4 Å². The van der Waals surface area contributed by atoms with Crippen molar-refractivity contribution in [2.45, 2.75) is 19.0 Å². The third-order valence-electron chi connectivity index (χ3n) is 2.51. The van der Waals surface area contributed by atoms with E-state index < -0.39 is 23.8 Å². The van der Waals surface area contributed by atoms with Crippen LogP contribution in [0.5, 0.6) is 0 Å². The molecule has 0 saturated carbocycles. The topological polar surface area (TPSA) is 141 Å². The van der Waals surface area contributed by atoms with E-state index in [1.165, 1.54) is 0 Å². The smallest absolute Gasteiger partial charge is 0.251 e. The monoisotopic (exact) mass is 264 g/mol. The molecule has 0 aliphatic heterocycles. The van der Waals surface area contributed by atoms with Crippen molar-refractivity contribution in [1.29, 1.82) is 0 Å². The second kappa shape index (κ2) is 6.50. The molecular weight excluding hydrogens is 248 g/mol. The minimum Gasteiger partial charge on any atom is -0.370 e. The van der Waals surface area contributed by atoms with Gasteiger partial charge in [0.1, 0.15) is 6.04 Å². The van der Waals surface area contributed by atoms with Crippen molar-refractivity contribution in [2.75, 3.05) is 0 Å². The Labute approximate surface area is 110 Å². The third kappa shape index (κ3) is 4.40. The second-order valence-electron chi connectivity index (χ2n) is 4.00. The molecule has 0 spiro atoms. The average molecular weight is 264 g/mol. The molecule has 102 valence electrons. The number of rotatable bonds is 6. The molecule has 7 nitrogen and oxygen atoms in total. The Bertz CT molecular complexity index is 484. The zero-order valence-electron chi connectivity index (χ0n) is 10.3. The molecule has 0 bridgehead atoms. The summed E-state index contributed by atoms with van der Waals surface area (Å²) >= 11 is 0. The summed E-state index contributed by atoms with van der Waals surface area (Å²) in [6, 6.07) is 5.42. The van der Waals surface area contributed by atoms with Crippen molar-refractivity contribution in [2.24, 2.45) is 17.2 Å². The lowest BCUT2D eigenvalue weighted by Gasteiger charge is -2.13. The van der Waals surface area contributed by atoms with E-state index in [-0.39, 0.29) is 6.42 Å². The van der Waals surface area contributed by atoms with Crippen molar-refractivity contribution >= 4 is 17.7 Å². The molecule has 0 aliphatic rings. The maximum absolute atomic E-state index is 11.8.